The van der Waals surface area contributed by atoms with Gasteiger partial charge in [-0.05, 0) is 30.3 Å². The Bertz CT molecular complexity index is 934. The molecule has 0 aliphatic heterocycles. The van der Waals surface area contributed by atoms with Crippen molar-refractivity contribution >= 4 is 79.6 Å². The first-order chi connectivity index (χ1) is 11.6. The molecule has 0 unspecified atom stereocenters. The van der Waals surface area contributed by atoms with E-state index in [0.29, 0.717) is 0 Å². The van der Waals surface area contributed by atoms with E-state index in [0.717, 1.165) is 0 Å². The predicted octanol–water partition coefficient (Wildman–Crippen LogP) is 4.87. The van der Waals surface area contributed by atoms with E-state index in [1.807, 2.05) is 0 Å². The zero-order valence-corrected chi connectivity index (χ0v) is 16.7. The van der Waals surface area contributed by atoms with Gasteiger partial charge in [-0.3, -0.25) is 4.79 Å². The van der Waals surface area contributed by atoms with Gasteiger partial charge < -0.3 is 5.32 Å². The highest BCUT2D eigenvalue weighted by Crippen LogP contribution is 2.32. The third kappa shape index (κ3) is 5.37. The molecule has 2 aromatic carbocycles. The fraction of sp³-hybridized carbons (Fsp3) is 0.0714. The quantitative estimate of drug-likeness (QED) is 0.623. The van der Waals surface area contributed by atoms with Crippen LogP contribution in [0, 0.1) is 0 Å². The van der Waals surface area contributed by atoms with Crippen molar-refractivity contribution in [2.45, 2.75) is 4.90 Å². The number of halogens is 5. The molecule has 0 aromatic heterocycles. The minimum absolute atomic E-state index is 0.0233. The summed E-state index contributed by atoms with van der Waals surface area (Å²) >= 11 is 29.2. The van der Waals surface area contributed by atoms with Crippen LogP contribution in [0.5, 0.6) is 0 Å². The standard InChI is InChI=1S/C14H9Cl5N2O3S/c15-7-1-2-8(16)13(3-7)25(23,24)20-6-14(22)21-12-5-10(18)9(17)4-11(12)19/h1-5,20H,6H2,(H,21,22). The molecule has 0 saturated heterocycles. The van der Waals surface area contributed by atoms with Gasteiger partial charge in [-0.25, -0.2) is 13.1 Å². The van der Waals surface area contributed by atoms with Crippen molar-refractivity contribution in [3.05, 3.63) is 55.4 Å². The molecule has 1 amide bonds. The highest BCUT2D eigenvalue weighted by atomic mass is 35.5. The maximum absolute atomic E-state index is 12.2. The molecule has 0 spiro atoms. The largest absolute Gasteiger partial charge is 0.324 e. The summed E-state index contributed by atoms with van der Waals surface area (Å²) in [7, 11) is -4.03. The molecule has 2 rings (SSSR count). The van der Waals surface area contributed by atoms with Crippen LogP contribution < -0.4 is 10.0 Å². The van der Waals surface area contributed by atoms with Gasteiger partial charge in [0.25, 0.3) is 0 Å². The summed E-state index contributed by atoms with van der Waals surface area (Å²) in [6.45, 7) is -0.554. The van der Waals surface area contributed by atoms with Gasteiger partial charge >= 0.3 is 0 Å². The van der Waals surface area contributed by atoms with Crippen LogP contribution in [0.15, 0.2) is 35.2 Å². The Labute approximate surface area is 169 Å². The lowest BCUT2D eigenvalue weighted by atomic mass is 10.3. The molecule has 11 heteroatoms. The number of sulfonamides is 1. The molecule has 5 nitrogen and oxygen atoms in total. The first kappa shape index (κ1) is 20.6. The number of amides is 1. The van der Waals surface area contributed by atoms with Crippen LogP contribution in [0.25, 0.3) is 0 Å². The minimum atomic E-state index is -4.03. The van der Waals surface area contributed by atoms with E-state index in [4.69, 9.17) is 58.0 Å². The van der Waals surface area contributed by atoms with Gasteiger partial charge in [0.15, 0.2) is 0 Å². The Hall–Kier alpha value is -0.730. The lowest BCUT2D eigenvalue weighted by Gasteiger charge is -2.11. The Morgan fingerprint density at radius 2 is 1.52 bits per heavy atom. The van der Waals surface area contributed by atoms with Crippen LogP contribution in [-0.4, -0.2) is 20.9 Å². The minimum Gasteiger partial charge on any atom is -0.324 e. The number of hydrogen-bond acceptors (Lipinski definition) is 3. The zero-order valence-electron chi connectivity index (χ0n) is 12.1. The second-order valence-electron chi connectivity index (χ2n) is 4.69. The number of benzene rings is 2. The van der Waals surface area contributed by atoms with Crippen molar-refractivity contribution in [2.75, 3.05) is 11.9 Å². The van der Waals surface area contributed by atoms with Gasteiger partial charge in [0.05, 0.1) is 32.3 Å². The monoisotopic (exact) mass is 460 g/mol. The van der Waals surface area contributed by atoms with Gasteiger partial charge in [0.1, 0.15) is 4.90 Å². The maximum Gasteiger partial charge on any atom is 0.242 e. The van der Waals surface area contributed by atoms with E-state index in [9.17, 15) is 13.2 Å². The number of anilines is 1. The highest BCUT2D eigenvalue weighted by Gasteiger charge is 2.20. The molecule has 2 N–H and O–H groups in total. The van der Waals surface area contributed by atoms with E-state index in [1.165, 1.54) is 30.3 Å². The zero-order chi connectivity index (χ0) is 18.8. The molecule has 0 aliphatic carbocycles. The first-order valence-corrected chi connectivity index (χ1v) is 9.86. The lowest BCUT2D eigenvalue weighted by molar-refractivity contribution is -0.115. The van der Waals surface area contributed by atoms with Crippen LogP contribution in [0.2, 0.25) is 25.1 Å². The maximum atomic E-state index is 12.2. The van der Waals surface area contributed by atoms with E-state index in [1.54, 1.807) is 0 Å². The van der Waals surface area contributed by atoms with Gasteiger partial charge in [0, 0.05) is 5.02 Å². The summed E-state index contributed by atoms with van der Waals surface area (Å²) in [5, 5.41) is 3.16. The van der Waals surface area contributed by atoms with Crippen LogP contribution in [0.1, 0.15) is 0 Å². The molecule has 0 radical (unpaired) electrons. The van der Waals surface area contributed by atoms with E-state index in [-0.39, 0.29) is 35.7 Å². The Morgan fingerprint density at radius 3 is 2.20 bits per heavy atom. The van der Waals surface area contributed by atoms with Crippen molar-refractivity contribution in [1.82, 2.24) is 4.72 Å². The van der Waals surface area contributed by atoms with E-state index >= 15 is 0 Å². The topological polar surface area (TPSA) is 75.3 Å². The van der Waals surface area contributed by atoms with Gasteiger partial charge in [-0.15, -0.1) is 0 Å². The molecule has 0 aliphatic rings. The number of rotatable bonds is 5. The smallest absolute Gasteiger partial charge is 0.242 e. The number of nitrogens with one attached hydrogen (secondary N) is 2. The number of carbonyl (C=O) groups is 1. The van der Waals surface area contributed by atoms with Crippen molar-refractivity contribution in [3.63, 3.8) is 0 Å². The fourth-order valence-electron chi connectivity index (χ4n) is 1.73. The molecule has 0 atom stereocenters. The summed E-state index contributed by atoms with van der Waals surface area (Å²) in [4.78, 5) is 11.7. The van der Waals surface area contributed by atoms with Gasteiger partial charge in [0.2, 0.25) is 15.9 Å². The molecular formula is C14H9Cl5N2O3S. The molecule has 0 saturated carbocycles. The second kappa shape index (κ2) is 8.31. The summed E-state index contributed by atoms with van der Waals surface area (Å²) in [5.41, 5.74) is 0.195. The van der Waals surface area contributed by atoms with Crippen molar-refractivity contribution in [2.24, 2.45) is 0 Å². The second-order valence-corrected chi connectivity index (χ2v) is 8.49. The van der Waals surface area contributed by atoms with Gasteiger partial charge in [-0.2, -0.15) is 0 Å². The van der Waals surface area contributed by atoms with Crippen LogP contribution >= 0.6 is 58.0 Å². The average molecular weight is 463 g/mol. The normalized spacial score (nSPS) is 11.4. The van der Waals surface area contributed by atoms with E-state index < -0.39 is 22.5 Å². The molecule has 0 fully saturated rings. The Balaban J connectivity index is 2.09. The first-order valence-electron chi connectivity index (χ1n) is 6.49. The predicted molar refractivity (Wildman–Crippen MR) is 102 cm³/mol. The third-order valence-electron chi connectivity index (χ3n) is 2.89. The Kier molecular flexibility index (Phi) is 6.84. The summed E-state index contributed by atoms with van der Waals surface area (Å²) in [5.74, 6) is -0.665. The van der Waals surface area contributed by atoms with Crippen LogP contribution in [0.4, 0.5) is 5.69 Å². The molecule has 134 valence electrons. The molecule has 25 heavy (non-hydrogen) atoms. The average Bonchev–Trinajstić information content (AvgIpc) is 2.53. The van der Waals surface area contributed by atoms with Crippen molar-refractivity contribution < 1.29 is 13.2 Å². The van der Waals surface area contributed by atoms with Gasteiger partial charge in [-0.1, -0.05) is 58.0 Å². The molecule has 0 bridgehead atoms. The SMILES string of the molecule is O=C(CNS(=O)(=O)c1cc(Cl)ccc1Cl)Nc1cc(Cl)c(Cl)cc1Cl. The lowest BCUT2D eigenvalue weighted by Crippen LogP contribution is -2.33. The molecule has 0 heterocycles. The Morgan fingerprint density at radius 1 is 0.880 bits per heavy atom. The molecule has 2 aromatic rings. The van der Waals surface area contributed by atoms with Crippen LogP contribution in [-0.2, 0) is 14.8 Å². The number of carbonyl (C=O) groups excluding carboxylic acids is 1. The van der Waals surface area contributed by atoms with Crippen molar-refractivity contribution in [1.29, 1.82) is 0 Å². The van der Waals surface area contributed by atoms with E-state index in [2.05, 4.69) is 10.0 Å². The van der Waals surface area contributed by atoms with Crippen LogP contribution in [0.3, 0.4) is 0 Å². The van der Waals surface area contributed by atoms with Crippen molar-refractivity contribution in [3.8, 4) is 0 Å². The summed E-state index contributed by atoms with van der Waals surface area (Å²) in [6, 6.07) is 6.68. The third-order valence-corrected chi connectivity index (χ3v) is 6.04. The fourth-order valence-corrected chi connectivity index (χ4v) is 4.07. The highest BCUT2D eigenvalue weighted by molar-refractivity contribution is 7.89. The summed E-state index contributed by atoms with van der Waals surface area (Å²) in [6.07, 6.45) is 0. The summed E-state index contributed by atoms with van der Waals surface area (Å²) < 4.78 is 26.6. The molecular weight excluding hydrogens is 453 g/mol. The number of hydrogen-bond donors (Lipinski definition) is 2.